The van der Waals surface area contributed by atoms with E-state index in [2.05, 4.69) is 4.98 Å². The normalized spacial score (nSPS) is 15.0. The van der Waals surface area contributed by atoms with Crippen molar-refractivity contribution in [2.45, 2.75) is 33.1 Å². The Morgan fingerprint density at radius 1 is 0.966 bits per heavy atom. The lowest BCUT2D eigenvalue weighted by Gasteiger charge is -2.28. The van der Waals surface area contributed by atoms with Gasteiger partial charge < -0.3 is 4.90 Å². The van der Waals surface area contributed by atoms with Crippen molar-refractivity contribution in [3.05, 3.63) is 75.8 Å². The van der Waals surface area contributed by atoms with Crippen molar-refractivity contribution in [3.63, 3.8) is 0 Å². The topological polar surface area (TPSA) is 55.2 Å². The lowest BCUT2D eigenvalue weighted by atomic mass is 10.1. The van der Waals surface area contributed by atoms with Crippen molar-refractivity contribution in [2.24, 2.45) is 0 Å². The van der Waals surface area contributed by atoms with Crippen LogP contribution in [-0.2, 0) is 4.79 Å². The van der Waals surface area contributed by atoms with E-state index in [0.29, 0.717) is 22.4 Å². The molecule has 0 spiro atoms. The van der Waals surface area contributed by atoms with Crippen LogP contribution in [0.15, 0.2) is 53.3 Å². The van der Waals surface area contributed by atoms with E-state index in [4.69, 9.17) is 0 Å². The summed E-state index contributed by atoms with van der Waals surface area (Å²) in [5.41, 5.74) is 2.82. The Bertz CT molecular complexity index is 1140. The van der Waals surface area contributed by atoms with Crippen molar-refractivity contribution in [1.29, 1.82) is 0 Å². The molecule has 5 heteroatoms. The Hall–Kier alpha value is -3.21. The fraction of sp³-hybridized carbons (Fsp3) is 0.292. The number of likely N-dealkylation sites (tertiary alicyclic amines) is 1. The van der Waals surface area contributed by atoms with E-state index in [1.54, 1.807) is 19.1 Å². The Morgan fingerprint density at radius 2 is 1.66 bits per heavy atom. The predicted octanol–water partition coefficient (Wildman–Crippen LogP) is 4.02. The van der Waals surface area contributed by atoms with Gasteiger partial charge in [-0.05, 0) is 56.9 Å². The van der Waals surface area contributed by atoms with Crippen LogP contribution >= 0.6 is 0 Å². The molecule has 0 saturated carbocycles. The van der Waals surface area contributed by atoms with E-state index >= 15 is 0 Å². The molecule has 3 aromatic rings. The number of para-hydroxylation sites is 1. The number of nitrogens with zero attached hydrogens (tertiary/aromatic N) is 3. The van der Waals surface area contributed by atoms with Gasteiger partial charge in [0.15, 0.2) is 0 Å². The lowest BCUT2D eigenvalue weighted by molar-refractivity contribution is -0.126. The molecule has 1 amide bonds. The summed E-state index contributed by atoms with van der Waals surface area (Å²) in [7, 11) is 0. The molecule has 2 heterocycles. The minimum atomic E-state index is -0.211. The number of aryl methyl sites for hydroxylation is 2. The van der Waals surface area contributed by atoms with Crippen molar-refractivity contribution in [3.8, 4) is 0 Å². The van der Waals surface area contributed by atoms with Gasteiger partial charge in [0.2, 0.25) is 0 Å². The van der Waals surface area contributed by atoms with Gasteiger partial charge in [0.05, 0.1) is 10.9 Å². The minimum absolute atomic E-state index is 0.118. The zero-order chi connectivity index (χ0) is 20.4. The first-order chi connectivity index (χ1) is 14.0. The fourth-order valence-corrected chi connectivity index (χ4v) is 3.83. The number of piperidine rings is 1. The molecule has 0 aliphatic carbocycles. The third-order valence-electron chi connectivity index (χ3n) is 5.43. The van der Waals surface area contributed by atoms with Crippen LogP contribution in [-0.4, -0.2) is 33.4 Å². The molecule has 0 radical (unpaired) electrons. The second kappa shape index (κ2) is 8.03. The Morgan fingerprint density at radius 3 is 2.38 bits per heavy atom. The van der Waals surface area contributed by atoms with Crippen LogP contribution < -0.4 is 5.56 Å². The van der Waals surface area contributed by atoms with Gasteiger partial charge in [-0.1, -0.05) is 42.0 Å². The maximum Gasteiger partial charge on any atom is 0.271 e. The molecule has 4 rings (SSSR count). The van der Waals surface area contributed by atoms with Crippen molar-refractivity contribution < 1.29 is 4.79 Å². The summed E-state index contributed by atoms with van der Waals surface area (Å²) in [5.74, 6) is 0.393. The summed E-state index contributed by atoms with van der Waals surface area (Å²) in [6.45, 7) is 5.24. The maximum absolute atomic E-state index is 13.5. The van der Waals surface area contributed by atoms with Crippen LogP contribution in [0.3, 0.4) is 0 Å². The highest BCUT2D eigenvalue weighted by Crippen LogP contribution is 2.20. The second-order valence-corrected chi connectivity index (χ2v) is 7.61. The smallest absolute Gasteiger partial charge is 0.271 e. The van der Waals surface area contributed by atoms with Crippen molar-refractivity contribution in [2.75, 3.05) is 13.1 Å². The van der Waals surface area contributed by atoms with Gasteiger partial charge in [-0.2, -0.15) is 0 Å². The minimum Gasteiger partial charge on any atom is -0.337 e. The number of benzene rings is 2. The largest absolute Gasteiger partial charge is 0.337 e. The van der Waals surface area contributed by atoms with Crippen LogP contribution in [0.5, 0.6) is 0 Å². The Labute approximate surface area is 170 Å². The number of carbonyl (C=O) groups is 1. The van der Waals surface area contributed by atoms with E-state index in [9.17, 15) is 9.59 Å². The molecule has 5 nitrogen and oxygen atoms in total. The van der Waals surface area contributed by atoms with E-state index in [-0.39, 0.29) is 11.5 Å². The van der Waals surface area contributed by atoms with Gasteiger partial charge in [0.1, 0.15) is 11.5 Å². The van der Waals surface area contributed by atoms with Crippen LogP contribution in [0.4, 0.5) is 0 Å². The highest BCUT2D eigenvalue weighted by Gasteiger charge is 2.24. The second-order valence-electron chi connectivity index (χ2n) is 7.61. The zero-order valence-corrected chi connectivity index (χ0v) is 16.9. The third-order valence-corrected chi connectivity index (χ3v) is 5.43. The molecule has 0 atom stereocenters. The first-order valence-electron chi connectivity index (χ1n) is 10.1. The first kappa shape index (κ1) is 19.1. The highest BCUT2D eigenvalue weighted by molar-refractivity contribution is 6.18. The summed E-state index contributed by atoms with van der Waals surface area (Å²) in [6, 6.07) is 15.2. The number of rotatable bonds is 3. The van der Waals surface area contributed by atoms with Gasteiger partial charge in [-0.3, -0.25) is 14.2 Å². The van der Waals surface area contributed by atoms with Crippen LogP contribution in [0, 0.1) is 13.8 Å². The van der Waals surface area contributed by atoms with Crippen molar-refractivity contribution >= 4 is 28.6 Å². The summed E-state index contributed by atoms with van der Waals surface area (Å²) in [4.78, 5) is 33.3. The number of carbonyl (C=O) groups excluding carboxylic acids is 1. The summed E-state index contributed by atoms with van der Waals surface area (Å²) >= 11 is 0. The summed E-state index contributed by atoms with van der Waals surface area (Å²) < 4.78 is 1.47. The number of fused-ring (bicyclic) bond motifs is 1. The van der Waals surface area contributed by atoms with Crippen LogP contribution in [0.1, 0.15) is 36.2 Å². The summed E-state index contributed by atoms with van der Waals surface area (Å²) in [6.07, 6.45) is 4.93. The Kier molecular flexibility index (Phi) is 5.30. The van der Waals surface area contributed by atoms with E-state index in [0.717, 1.165) is 43.5 Å². The fourth-order valence-electron chi connectivity index (χ4n) is 3.83. The van der Waals surface area contributed by atoms with E-state index < -0.39 is 0 Å². The number of amides is 1. The van der Waals surface area contributed by atoms with E-state index in [1.165, 1.54) is 4.57 Å². The number of aromatic nitrogens is 2. The molecule has 1 aliphatic rings. The highest BCUT2D eigenvalue weighted by atomic mass is 16.2. The molecule has 148 valence electrons. The molecule has 0 N–H and O–H groups in total. The molecule has 0 unspecified atom stereocenters. The molecular formula is C24H25N3O2. The molecule has 29 heavy (non-hydrogen) atoms. The molecule has 1 aliphatic heterocycles. The molecule has 1 fully saturated rings. The third kappa shape index (κ3) is 3.86. The van der Waals surface area contributed by atoms with Crippen LogP contribution in [0.2, 0.25) is 0 Å². The SMILES string of the molecule is Cc1ccc(/C=C(\C(=O)N2CCCCC2)n2c(C)nc3ccccc3c2=O)cc1. The van der Waals surface area contributed by atoms with Gasteiger partial charge in [-0.25, -0.2) is 4.98 Å². The van der Waals surface area contributed by atoms with Gasteiger partial charge in [0.25, 0.3) is 11.5 Å². The zero-order valence-electron chi connectivity index (χ0n) is 16.9. The molecule has 2 aromatic carbocycles. The first-order valence-corrected chi connectivity index (χ1v) is 10.1. The van der Waals surface area contributed by atoms with Gasteiger partial charge in [-0.15, -0.1) is 0 Å². The van der Waals surface area contributed by atoms with E-state index in [1.807, 2.05) is 54.3 Å². The predicted molar refractivity (Wildman–Crippen MR) is 117 cm³/mol. The quantitative estimate of drug-likeness (QED) is 0.638. The standard InChI is InChI=1S/C24H25N3O2/c1-17-10-12-19(13-11-17)16-22(24(29)26-14-6-3-7-15-26)27-18(2)25-21-9-5-4-8-20(21)23(27)28/h4-5,8-13,16H,3,6-7,14-15H2,1-2H3/b22-16+. The van der Waals surface area contributed by atoms with Gasteiger partial charge >= 0.3 is 0 Å². The average molecular weight is 387 g/mol. The van der Waals surface area contributed by atoms with Crippen LogP contribution in [0.25, 0.3) is 22.7 Å². The van der Waals surface area contributed by atoms with Gasteiger partial charge in [0, 0.05) is 13.1 Å². The summed E-state index contributed by atoms with van der Waals surface area (Å²) in [5, 5.41) is 0.513. The van der Waals surface area contributed by atoms with Crippen molar-refractivity contribution in [1.82, 2.24) is 14.5 Å². The monoisotopic (exact) mass is 387 g/mol. The molecule has 1 aromatic heterocycles. The number of hydrogen-bond acceptors (Lipinski definition) is 3. The molecule has 0 bridgehead atoms. The average Bonchev–Trinajstić information content (AvgIpc) is 2.74. The molecular weight excluding hydrogens is 362 g/mol. The number of hydrogen-bond donors (Lipinski definition) is 0. The maximum atomic E-state index is 13.5. The Balaban J connectivity index is 1.90. The lowest BCUT2D eigenvalue weighted by Crippen LogP contribution is -2.39. The molecule has 1 saturated heterocycles.